The van der Waals surface area contributed by atoms with Crippen LogP contribution in [-0.4, -0.2) is 58.9 Å². The molecule has 3 N–H and O–H groups in total. The molecule has 4 rings (SSSR count). The van der Waals surface area contributed by atoms with E-state index < -0.39 is 6.04 Å². The molecule has 2 heterocycles. The summed E-state index contributed by atoms with van der Waals surface area (Å²) >= 11 is 0. The molecule has 7 heteroatoms. The smallest absolute Gasteiger partial charge is 0.243 e. The first-order chi connectivity index (χ1) is 17.3. The Kier molecular flexibility index (Phi) is 10.6. The fourth-order valence-corrected chi connectivity index (χ4v) is 5.85. The Balaban J connectivity index is 0.00000380. The van der Waals surface area contributed by atoms with Crippen molar-refractivity contribution in [2.45, 2.75) is 83.1 Å². The number of fused-ring (bicyclic) bond motifs is 1. The van der Waals surface area contributed by atoms with Gasteiger partial charge in [-0.25, -0.2) is 0 Å². The van der Waals surface area contributed by atoms with Crippen LogP contribution in [0.25, 0.3) is 0 Å². The second-order valence-corrected chi connectivity index (χ2v) is 11.0. The third-order valence-corrected chi connectivity index (χ3v) is 7.75. The molecule has 0 aromatic heterocycles. The minimum absolute atomic E-state index is 0. The zero-order chi connectivity index (χ0) is 25.7. The van der Waals surface area contributed by atoms with Gasteiger partial charge in [-0.05, 0) is 56.1 Å². The van der Waals surface area contributed by atoms with E-state index in [0.29, 0.717) is 25.3 Å². The summed E-state index contributed by atoms with van der Waals surface area (Å²) < 4.78 is 0. The lowest BCUT2D eigenvalue weighted by atomic mass is 9.99. The van der Waals surface area contributed by atoms with Gasteiger partial charge in [0.15, 0.2) is 0 Å². The average Bonchev–Trinajstić information content (AvgIpc) is 3.21. The third kappa shape index (κ3) is 7.34. The highest BCUT2D eigenvalue weighted by molar-refractivity contribution is 5.90. The third-order valence-electron chi connectivity index (χ3n) is 7.75. The first kappa shape index (κ1) is 29.2. The molecule has 37 heavy (non-hydrogen) atoms. The summed E-state index contributed by atoms with van der Waals surface area (Å²) in [6.45, 7) is 7.58. The molecular weight excluding hydrogens is 484 g/mol. The van der Waals surface area contributed by atoms with Gasteiger partial charge in [0, 0.05) is 25.2 Å². The Labute approximate surface area is 228 Å². The van der Waals surface area contributed by atoms with Gasteiger partial charge >= 0.3 is 0 Å². The van der Waals surface area contributed by atoms with E-state index in [2.05, 4.69) is 48.3 Å². The molecule has 2 amide bonds. The van der Waals surface area contributed by atoms with Gasteiger partial charge in [-0.15, -0.1) is 12.4 Å². The average molecular weight is 527 g/mol. The normalized spacial score (nSPS) is 23.6. The Morgan fingerprint density at radius 1 is 1.05 bits per heavy atom. The van der Waals surface area contributed by atoms with Crippen LogP contribution in [0.3, 0.4) is 0 Å². The Morgan fingerprint density at radius 3 is 2.35 bits per heavy atom. The topological polar surface area (TPSA) is 78.7 Å². The van der Waals surface area contributed by atoms with Gasteiger partial charge in [0.2, 0.25) is 11.8 Å². The molecule has 1 unspecified atom stereocenters. The van der Waals surface area contributed by atoms with Gasteiger partial charge in [0.05, 0.1) is 12.1 Å². The van der Waals surface area contributed by atoms with Crippen molar-refractivity contribution in [1.82, 2.24) is 15.1 Å². The van der Waals surface area contributed by atoms with Crippen LogP contribution in [0.1, 0.15) is 63.6 Å². The predicted octanol–water partition coefficient (Wildman–Crippen LogP) is 4.34. The summed E-state index contributed by atoms with van der Waals surface area (Å²) in [7, 11) is 0. The van der Waals surface area contributed by atoms with Crippen molar-refractivity contribution in [2.24, 2.45) is 11.7 Å². The van der Waals surface area contributed by atoms with Crippen LogP contribution < -0.4 is 11.1 Å². The van der Waals surface area contributed by atoms with Gasteiger partial charge < -0.3 is 16.0 Å². The SMILES string of the molecule is CC(C)C[C@H](C(=O)N[C@H](C)c1ccccc1)N1CCC(CCc2ccccc2)N2C[C@H](N)C[C@H]2C1=O.Cl. The fourth-order valence-electron chi connectivity index (χ4n) is 5.85. The summed E-state index contributed by atoms with van der Waals surface area (Å²) in [5.74, 6) is 0.294. The van der Waals surface area contributed by atoms with Gasteiger partial charge in [-0.1, -0.05) is 74.5 Å². The van der Waals surface area contributed by atoms with Crippen LogP contribution in [0.2, 0.25) is 0 Å². The highest BCUT2D eigenvalue weighted by Crippen LogP contribution is 2.30. The quantitative estimate of drug-likeness (QED) is 0.509. The highest BCUT2D eigenvalue weighted by Gasteiger charge is 2.45. The van der Waals surface area contributed by atoms with Crippen LogP contribution >= 0.6 is 12.4 Å². The number of amides is 2. The fraction of sp³-hybridized carbons (Fsp3) is 0.533. The molecule has 0 bridgehead atoms. The number of aryl methyl sites for hydroxylation is 1. The molecule has 6 nitrogen and oxygen atoms in total. The van der Waals surface area contributed by atoms with Gasteiger partial charge in [0.1, 0.15) is 6.04 Å². The lowest BCUT2D eigenvalue weighted by molar-refractivity contribution is -0.143. The summed E-state index contributed by atoms with van der Waals surface area (Å²) in [5.41, 5.74) is 8.75. The van der Waals surface area contributed by atoms with E-state index in [9.17, 15) is 9.59 Å². The largest absolute Gasteiger partial charge is 0.348 e. The predicted molar refractivity (Wildman–Crippen MR) is 151 cm³/mol. The minimum atomic E-state index is -0.477. The molecule has 0 spiro atoms. The highest BCUT2D eigenvalue weighted by atomic mass is 35.5. The van der Waals surface area contributed by atoms with Crippen LogP contribution in [0, 0.1) is 5.92 Å². The lowest BCUT2D eigenvalue weighted by Gasteiger charge is -2.34. The van der Waals surface area contributed by atoms with Gasteiger partial charge in [-0.2, -0.15) is 0 Å². The standard InChI is InChI=1S/C30H42N4O2.ClH/c1-21(2)18-27(29(35)32-22(3)24-12-8-5-9-13-24)33-17-16-26(15-14-23-10-6-4-7-11-23)34-20-25(31)19-28(34)30(33)36;/h4-13,21-22,25-28H,14-20,31H2,1-3H3,(H,32,35);1H/t22-,25-,26?,27-,28+;/m1./s1. The molecule has 2 aromatic rings. The van der Waals surface area contributed by atoms with Crippen molar-refractivity contribution < 1.29 is 9.59 Å². The van der Waals surface area contributed by atoms with E-state index in [1.807, 2.05) is 48.2 Å². The van der Waals surface area contributed by atoms with Crippen molar-refractivity contribution in [1.29, 1.82) is 0 Å². The summed E-state index contributed by atoms with van der Waals surface area (Å²) in [5, 5.41) is 3.20. The van der Waals surface area contributed by atoms with Crippen LogP contribution in [-0.2, 0) is 16.0 Å². The molecule has 0 aliphatic carbocycles. The van der Waals surface area contributed by atoms with E-state index >= 15 is 0 Å². The molecule has 0 saturated carbocycles. The number of benzene rings is 2. The Morgan fingerprint density at radius 2 is 1.70 bits per heavy atom. The number of nitrogens with zero attached hydrogens (tertiary/aromatic N) is 2. The summed E-state index contributed by atoms with van der Waals surface area (Å²) in [6, 6.07) is 19.9. The van der Waals surface area contributed by atoms with E-state index in [1.54, 1.807) is 0 Å². The number of hydrogen-bond acceptors (Lipinski definition) is 4. The van der Waals surface area contributed by atoms with Crippen molar-refractivity contribution in [3.05, 3.63) is 71.8 Å². The molecule has 2 aliphatic rings. The minimum Gasteiger partial charge on any atom is -0.348 e. The maximum atomic E-state index is 13.9. The number of carbonyl (C=O) groups excluding carboxylic acids is 2. The number of nitrogens with one attached hydrogen (secondary N) is 1. The van der Waals surface area contributed by atoms with Crippen molar-refractivity contribution >= 4 is 24.2 Å². The second-order valence-electron chi connectivity index (χ2n) is 11.0. The Bertz CT molecular complexity index is 1000. The maximum absolute atomic E-state index is 13.9. The molecule has 2 aromatic carbocycles. The number of nitrogens with two attached hydrogens (primary N) is 1. The number of rotatable bonds is 9. The van der Waals surface area contributed by atoms with E-state index in [-0.39, 0.29) is 48.4 Å². The number of carbonyl (C=O) groups is 2. The number of hydrogen-bond donors (Lipinski definition) is 2. The van der Waals surface area contributed by atoms with Gasteiger partial charge in [0.25, 0.3) is 0 Å². The monoisotopic (exact) mass is 526 g/mol. The van der Waals surface area contributed by atoms with Crippen molar-refractivity contribution in [2.75, 3.05) is 13.1 Å². The maximum Gasteiger partial charge on any atom is 0.243 e. The Hall–Kier alpha value is -2.41. The zero-order valence-corrected chi connectivity index (χ0v) is 23.2. The van der Waals surface area contributed by atoms with E-state index in [0.717, 1.165) is 31.4 Å². The molecular formula is C30H43ClN4O2. The first-order valence-corrected chi connectivity index (χ1v) is 13.5. The summed E-state index contributed by atoms with van der Waals surface area (Å²) in [4.78, 5) is 31.8. The summed E-state index contributed by atoms with van der Waals surface area (Å²) in [6.07, 6.45) is 4.13. The molecule has 2 fully saturated rings. The lowest BCUT2D eigenvalue weighted by Crippen LogP contribution is -2.54. The zero-order valence-electron chi connectivity index (χ0n) is 22.4. The van der Waals surface area contributed by atoms with Crippen LogP contribution in [0.4, 0.5) is 0 Å². The molecule has 2 saturated heterocycles. The number of halogens is 1. The van der Waals surface area contributed by atoms with Crippen LogP contribution in [0.5, 0.6) is 0 Å². The van der Waals surface area contributed by atoms with E-state index in [1.165, 1.54) is 5.56 Å². The van der Waals surface area contributed by atoms with Crippen LogP contribution in [0.15, 0.2) is 60.7 Å². The molecule has 0 radical (unpaired) electrons. The van der Waals surface area contributed by atoms with Gasteiger partial charge in [-0.3, -0.25) is 14.5 Å². The van der Waals surface area contributed by atoms with Crippen molar-refractivity contribution in [3.63, 3.8) is 0 Å². The van der Waals surface area contributed by atoms with Crippen molar-refractivity contribution in [3.8, 4) is 0 Å². The van der Waals surface area contributed by atoms with E-state index in [4.69, 9.17) is 5.73 Å². The first-order valence-electron chi connectivity index (χ1n) is 13.5. The molecule has 202 valence electrons. The second kappa shape index (κ2) is 13.4. The molecule has 2 aliphatic heterocycles. The molecule has 5 atom stereocenters.